The molecule has 1 aromatic rings. The fraction of sp³-hybridized carbons (Fsp3) is 0.462. The highest BCUT2D eigenvalue weighted by Crippen LogP contribution is 2.29. The van der Waals surface area contributed by atoms with E-state index in [0.717, 1.165) is 0 Å². The molecule has 1 heterocycles. The van der Waals surface area contributed by atoms with E-state index in [-0.39, 0.29) is 12.4 Å². The van der Waals surface area contributed by atoms with Crippen LogP contribution in [-0.4, -0.2) is 25.8 Å². The van der Waals surface area contributed by atoms with Crippen LogP contribution in [0.3, 0.4) is 0 Å². The van der Waals surface area contributed by atoms with Crippen LogP contribution >= 0.6 is 0 Å². The Hall–Kier alpha value is -1.46. The summed E-state index contributed by atoms with van der Waals surface area (Å²) < 4.78 is 23.7. The van der Waals surface area contributed by atoms with Gasteiger partial charge in [-0.3, -0.25) is 4.79 Å². The van der Waals surface area contributed by atoms with Gasteiger partial charge in [0, 0.05) is 5.56 Å². The lowest BCUT2D eigenvalue weighted by Crippen LogP contribution is -2.54. The molecule has 5 heteroatoms. The third-order valence-electron chi connectivity index (χ3n) is 2.94. The quantitative estimate of drug-likeness (QED) is 0.817. The van der Waals surface area contributed by atoms with E-state index >= 15 is 0 Å². The third kappa shape index (κ3) is 2.52. The Morgan fingerprint density at radius 1 is 1.56 bits per heavy atom. The molecule has 0 unspecified atom stereocenters. The second-order valence-corrected chi connectivity index (χ2v) is 4.44. The number of benzene rings is 1. The van der Waals surface area contributed by atoms with E-state index in [1.54, 1.807) is 19.1 Å². The normalized spacial score (nSPS) is 17.1. The maximum atomic E-state index is 13.9. The fourth-order valence-electron chi connectivity index (χ4n) is 1.93. The molecule has 0 atom stereocenters. The molecule has 18 heavy (non-hydrogen) atoms. The lowest BCUT2D eigenvalue weighted by molar-refractivity contribution is -0.142. The largest absolute Gasteiger partial charge is 0.466 e. The lowest BCUT2D eigenvalue weighted by atomic mass is 9.88. The first-order chi connectivity index (χ1) is 8.55. The first kappa shape index (κ1) is 13.0. The average molecular weight is 253 g/mol. The number of rotatable bonds is 4. The molecule has 2 rings (SSSR count). The van der Waals surface area contributed by atoms with Crippen LogP contribution in [0.25, 0.3) is 0 Å². The summed E-state index contributed by atoms with van der Waals surface area (Å²) in [5.74, 6) is -0.762. The zero-order valence-electron chi connectivity index (χ0n) is 10.2. The number of esters is 1. The Bertz CT molecular complexity index is 458. The van der Waals surface area contributed by atoms with Gasteiger partial charge < -0.3 is 15.2 Å². The minimum absolute atomic E-state index is 0.0686. The Morgan fingerprint density at radius 2 is 2.28 bits per heavy atom. The topological polar surface area (TPSA) is 61.5 Å². The van der Waals surface area contributed by atoms with Gasteiger partial charge in [-0.25, -0.2) is 4.39 Å². The number of halogens is 1. The van der Waals surface area contributed by atoms with E-state index in [9.17, 15) is 9.18 Å². The summed E-state index contributed by atoms with van der Waals surface area (Å²) in [6, 6.07) is 4.65. The third-order valence-corrected chi connectivity index (χ3v) is 2.94. The number of hydrogen-bond acceptors (Lipinski definition) is 4. The second-order valence-electron chi connectivity index (χ2n) is 4.44. The van der Waals surface area contributed by atoms with Gasteiger partial charge in [-0.05, 0) is 18.6 Å². The maximum absolute atomic E-state index is 13.9. The predicted octanol–water partition coefficient (Wildman–Crippen LogP) is 1.12. The van der Waals surface area contributed by atoms with Gasteiger partial charge in [0.25, 0.3) is 0 Å². The molecule has 4 nitrogen and oxygen atoms in total. The molecule has 0 aromatic heterocycles. The molecule has 1 fully saturated rings. The number of hydrogen-bond donors (Lipinski definition) is 1. The number of nitrogens with two attached hydrogens (primary N) is 1. The molecule has 0 bridgehead atoms. The number of carbonyl (C=O) groups is 1. The molecule has 0 spiro atoms. The predicted molar refractivity (Wildman–Crippen MR) is 63.4 cm³/mol. The Morgan fingerprint density at radius 3 is 2.78 bits per heavy atom. The standard InChI is InChI=1S/C13H16FNO3/c1-2-18-12(16)6-9-3-4-10(11(14)5-9)13(15)7-17-8-13/h3-5H,2,6-8,15H2,1H3. The molecule has 98 valence electrons. The van der Waals surface area contributed by atoms with Crippen molar-refractivity contribution in [3.05, 3.63) is 35.1 Å². The van der Waals surface area contributed by atoms with Crippen LogP contribution in [0.15, 0.2) is 18.2 Å². The highest BCUT2D eigenvalue weighted by Gasteiger charge is 2.38. The first-order valence-corrected chi connectivity index (χ1v) is 5.86. The molecule has 1 aliphatic rings. The van der Waals surface area contributed by atoms with Crippen molar-refractivity contribution in [1.29, 1.82) is 0 Å². The SMILES string of the molecule is CCOC(=O)Cc1ccc(C2(N)COC2)c(F)c1. The molecule has 0 radical (unpaired) electrons. The van der Waals surface area contributed by atoms with E-state index in [2.05, 4.69) is 0 Å². The van der Waals surface area contributed by atoms with Gasteiger partial charge in [0.1, 0.15) is 5.82 Å². The van der Waals surface area contributed by atoms with Gasteiger partial charge in [0.15, 0.2) is 0 Å². The monoisotopic (exact) mass is 253 g/mol. The summed E-state index contributed by atoms with van der Waals surface area (Å²) >= 11 is 0. The molecule has 1 aliphatic heterocycles. The highest BCUT2D eigenvalue weighted by molar-refractivity contribution is 5.72. The Kier molecular flexibility index (Phi) is 3.63. The van der Waals surface area contributed by atoms with E-state index in [1.165, 1.54) is 6.07 Å². The minimum Gasteiger partial charge on any atom is -0.466 e. The van der Waals surface area contributed by atoms with Gasteiger partial charge in [-0.2, -0.15) is 0 Å². The summed E-state index contributed by atoms with van der Waals surface area (Å²) in [5, 5.41) is 0. The van der Waals surface area contributed by atoms with Gasteiger partial charge in [0.2, 0.25) is 0 Å². The molecule has 2 N–H and O–H groups in total. The van der Waals surface area contributed by atoms with Crippen molar-refractivity contribution in [3.8, 4) is 0 Å². The summed E-state index contributed by atoms with van der Waals surface area (Å²) in [6.07, 6.45) is 0.0686. The van der Waals surface area contributed by atoms with Crippen LogP contribution in [-0.2, 0) is 26.2 Å². The van der Waals surface area contributed by atoms with Crippen LogP contribution in [0.5, 0.6) is 0 Å². The summed E-state index contributed by atoms with van der Waals surface area (Å²) in [5.41, 5.74) is 6.25. The first-order valence-electron chi connectivity index (χ1n) is 5.86. The number of carbonyl (C=O) groups excluding carboxylic acids is 1. The zero-order chi connectivity index (χ0) is 13.2. The summed E-state index contributed by atoms with van der Waals surface area (Å²) in [7, 11) is 0. The van der Waals surface area contributed by atoms with Gasteiger partial charge in [-0.15, -0.1) is 0 Å². The van der Waals surface area contributed by atoms with Gasteiger partial charge in [0.05, 0.1) is 31.8 Å². The van der Waals surface area contributed by atoms with E-state index in [1.807, 2.05) is 0 Å². The molecule has 1 saturated heterocycles. The van der Waals surface area contributed by atoms with Crippen molar-refractivity contribution in [2.75, 3.05) is 19.8 Å². The van der Waals surface area contributed by atoms with Crippen molar-refractivity contribution in [2.45, 2.75) is 18.9 Å². The van der Waals surface area contributed by atoms with E-state index < -0.39 is 11.4 Å². The molecular weight excluding hydrogens is 237 g/mol. The van der Waals surface area contributed by atoms with Crippen LogP contribution in [0, 0.1) is 5.82 Å². The second kappa shape index (κ2) is 5.04. The lowest BCUT2D eigenvalue weighted by Gasteiger charge is -2.38. The van der Waals surface area contributed by atoms with Crippen molar-refractivity contribution < 1.29 is 18.7 Å². The molecular formula is C13H16FNO3. The van der Waals surface area contributed by atoms with Crippen molar-refractivity contribution >= 4 is 5.97 Å². The molecule has 0 amide bonds. The summed E-state index contributed by atoms with van der Waals surface area (Å²) in [4.78, 5) is 11.3. The smallest absolute Gasteiger partial charge is 0.310 e. The Labute approximate surface area is 105 Å². The van der Waals surface area contributed by atoms with Crippen LogP contribution in [0.1, 0.15) is 18.1 Å². The van der Waals surface area contributed by atoms with E-state index in [0.29, 0.717) is 30.9 Å². The van der Waals surface area contributed by atoms with Gasteiger partial charge in [-0.1, -0.05) is 12.1 Å². The van der Waals surface area contributed by atoms with Crippen LogP contribution in [0.2, 0.25) is 0 Å². The highest BCUT2D eigenvalue weighted by atomic mass is 19.1. The number of ether oxygens (including phenoxy) is 2. The van der Waals surface area contributed by atoms with E-state index in [4.69, 9.17) is 15.2 Å². The molecule has 1 aromatic carbocycles. The fourth-order valence-corrected chi connectivity index (χ4v) is 1.93. The molecule has 0 aliphatic carbocycles. The van der Waals surface area contributed by atoms with Crippen molar-refractivity contribution in [1.82, 2.24) is 0 Å². The van der Waals surface area contributed by atoms with Crippen molar-refractivity contribution in [2.24, 2.45) is 5.73 Å². The molecule has 0 saturated carbocycles. The Balaban J connectivity index is 2.12. The average Bonchev–Trinajstić information content (AvgIpc) is 2.26. The van der Waals surface area contributed by atoms with Gasteiger partial charge >= 0.3 is 5.97 Å². The maximum Gasteiger partial charge on any atom is 0.310 e. The zero-order valence-corrected chi connectivity index (χ0v) is 10.2. The van der Waals surface area contributed by atoms with Crippen molar-refractivity contribution in [3.63, 3.8) is 0 Å². The van der Waals surface area contributed by atoms with Crippen LogP contribution in [0.4, 0.5) is 4.39 Å². The van der Waals surface area contributed by atoms with Crippen LogP contribution < -0.4 is 5.73 Å². The summed E-state index contributed by atoms with van der Waals surface area (Å²) in [6.45, 7) is 2.70. The minimum atomic E-state index is -0.730.